The molecule has 16 heavy (non-hydrogen) atoms. The largest absolute Gasteiger partial charge is 0.308 e. The highest BCUT2D eigenvalue weighted by Gasteiger charge is 2.39. The summed E-state index contributed by atoms with van der Waals surface area (Å²) < 4.78 is 23.0. The normalized spacial score (nSPS) is 36.6. The summed E-state index contributed by atoms with van der Waals surface area (Å²) in [4.78, 5) is 2.33. The van der Waals surface area contributed by atoms with Crippen LogP contribution in [-0.2, 0) is 9.84 Å². The Kier molecular flexibility index (Phi) is 3.29. The molecule has 94 valence electrons. The molecule has 2 aliphatic rings. The summed E-state index contributed by atoms with van der Waals surface area (Å²) in [7, 11) is -0.652. The molecule has 2 rings (SSSR count). The topological polar surface area (TPSA) is 49.4 Å². The van der Waals surface area contributed by atoms with Crippen LogP contribution in [0.3, 0.4) is 0 Å². The highest BCUT2D eigenvalue weighted by Crippen LogP contribution is 2.25. The third kappa shape index (κ3) is 2.96. The van der Waals surface area contributed by atoms with Crippen molar-refractivity contribution in [2.45, 2.75) is 37.8 Å². The fourth-order valence-corrected chi connectivity index (χ4v) is 4.87. The standard InChI is InChI=1S/C11H22N2O2S/c1-11(5-8-16(14,15)9-11)12-10-3-6-13(2)7-4-10/h10,12H,3-9H2,1-2H3. The maximum atomic E-state index is 11.5. The number of sulfone groups is 1. The lowest BCUT2D eigenvalue weighted by molar-refractivity contribution is 0.206. The lowest BCUT2D eigenvalue weighted by Gasteiger charge is -2.35. The van der Waals surface area contributed by atoms with Gasteiger partial charge in [0.05, 0.1) is 11.5 Å². The van der Waals surface area contributed by atoms with Crippen molar-refractivity contribution in [2.24, 2.45) is 0 Å². The minimum Gasteiger partial charge on any atom is -0.308 e. The Balaban J connectivity index is 1.90. The molecule has 1 unspecified atom stereocenters. The third-order valence-electron chi connectivity index (χ3n) is 3.77. The van der Waals surface area contributed by atoms with Crippen LogP contribution in [0.1, 0.15) is 26.2 Å². The van der Waals surface area contributed by atoms with Crippen LogP contribution < -0.4 is 5.32 Å². The van der Waals surface area contributed by atoms with Gasteiger partial charge in [-0.2, -0.15) is 0 Å². The van der Waals surface area contributed by atoms with E-state index in [4.69, 9.17) is 0 Å². The van der Waals surface area contributed by atoms with E-state index < -0.39 is 9.84 Å². The van der Waals surface area contributed by atoms with E-state index in [0.717, 1.165) is 32.4 Å². The zero-order valence-electron chi connectivity index (χ0n) is 10.2. The van der Waals surface area contributed by atoms with Crippen molar-refractivity contribution in [1.29, 1.82) is 0 Å². The number of piperidine rings is 1. The molecule has 0 aromatic carbocycles. The number of rotatable bonds is 2. The molecule has 0 aromatic rings. The molecule has 1 N–H and O–H groups in total. The van der Waals surface area contributed by atoms with E-state index in [1.54, 1.807) is 0 Å². The summed E-state index contributed by atoms with van der Waals surface area (Å²) in [5.74, 6) is 0.662. The van der Waals surface area contributed by atoms with Crippen LogP contribution in [0, 0.1) is 0 Å². The highest BCUT2D eigenvalue weighted by molar-refractivity contribution is 7.91. The van der Waals surface area contributed by atoms with E-state index in [2.05, 4.69) is 24.2 Å². The Morgan fingerprint density at radius 2 is 1.94 bits per heavy atom. The van der Waals surface area contributed by atoms with Gasteiger partial charge in [0.1, 0.15) is 0 Å². The van der Waals surface area contributed by atoms with Gasteiger partial charge in [-0.25, -0.2) is 8.42 Å². The zero-order valence-corrected chi connectivity index (χ0v) is 11.0. The summed E-state index contributed by atoms with van der Waals surface area (Å²) in [6.07, 6.45) is 3.03. The van der Waals surface area contributed by atoms with Crippen LogP contribution in [0.15, 0.2) is 0 Å². The summed E-state index contributed by atoms with van der Waals surface area (Å²) in [5.41, 5.74) is -0.181. The van der Waals surface area contributed by atoms with Crippen molar-refractivity contribution in [3.05, 3.63) is 0 Å². The van der Waals surface area contributed by atoms with E-state index in [0.29, 0.717) is 17.5 Å². The predicted molar refractivity (Wildman–Crippen MR) is 65.3 cm³/mol. The first-order chi connectivity index (χ1) is 7.39. The molecule has 2 fully saturated rings. The fourth-order valence-electron chi connectivity index (χ4n) is 2.77. The zero-order chi connectivity index (χ0) is 11.8. The van der Waals surface area contributed by atoms with Crippen LogP contribution in [0.4, 0.5) is 0 Å². The summed E-state index contributed by atoms with van der Waals surface area (Å²) in [6.45, 7) is 4.27. The van der Waals surface area contributed by atoms with E-state index in [1.165, 1.54) is 0 Å². The van der Waals surface area contributed by atoms with Crippen molar-refractivity contribution in [3.63, 3.8) is 0 Å². The molecule has 0 radical (unpaired) electrons. The van der Waals surface area contributed by atoms with E-state index in [-0.39, 0.29) is 5.54 Å². The molecule has 0 aliphatic carbocycles. The maximum absolute atomic E-state index is 11.5. The molecular weight excluding hydrogens is 224 g/mol. The molecule has 0 saturated carbocycles. The van der Waals surface area contributed by atoms with Gasteiger partial charge in [0, 0.05) is 11.6 Å². The molecule has 0 spiro atoms. The molecular formula is C11H22N2O2S. The van der Waals surface area contributed by atoms with Gasteiger partial charge in [0.15, 0.2) is 9.84 Å². The van der Waals surface area contributed by atoms with Gasteiger partial charge in [-0.1, -0.05) is 0 Å². The van der Waals surface area contributed by atoms with Gasteiger partial charge < -0.3 is 10.2 Å². The van der Waals surface area contributed by atoms with Crippen LogP contribution in [0.2, 0.25) is 0 Å². The minimum absolute atomic E-state index is 0.181. The van der Waals surface area contributed by atoms with E-state index in [9.17, 15) is 8.42 Å². The Morgan fingerprint density at radius 1 is 1.31 bits per heavy atom. The monoisotopic (exact) mass is 246 g/mol. The first-order valence-corrected chi connectivity index (χ1v) is 7.87. The van der Waals surface area contributed by atoms with Gasteiger partial charge in [-0.15, -0.1) is 0 Å². The SMILES string of the molecule is CN1CCC(NC2(C)CCS(=O)(=O)C2)CC1. The molecule has 0 aromatic heterocycles. The van der Waals surface area contributed by atoms with E-state index in [1.807, 2.05) is 0 Å². The van der Waals surface area contributed by atoms with Gasteiger partial charge in [-0.3, -0.25) is 0 Å². The molecule has 1 atom stereocenters. The van der Waals surface area contributed by atoms with Crippen LogP contribution in [-0.4, -0.2) is 56.5 Å². The Labute approximate surface area is 98.3 Å². The smallest absolute Gasteiger partial charge is 0.152 e. The average molecular weight is 246 g/mol. The Hall–Kier alpha value is -0.130. The van der Waals surface area contributed by atoms with Crippen molar-refractivity contribution in [1.82, 2.24) is 10.2 Å². The lowest BCUT2D eigenvalue weighted by Crippen LogP contribution is -2.52. The van der Waals surface area contributed by atoms with Gasteiger partial charge >= 0.3 is 0 Å². The second-order valence-electron chi connectivity index (χ2n) is 5.62. The molecule has 0 amide bonds. The van der Waals surface area contributed by atoms with Gasteiger partial charge in [0.2, 0.25) is 0 Å². The molecule has 4 nitrogen and oxygen atoms in total. The quantitative estimate of drug-likeness (QED) is 0.759. The Morgan fingerprint density at radius 3 is 2.44 bits per heavy atom. The first kappa shape index (κ1) is 12.3. The summed E-state index contributed by atoms with van der Waals surface area (Å²) in [6, 6.07) is 0.495. The van der Waals surface area contributed by atoms with Gasteiger partial charge in [0.25, 0.3) is 0 Å². The maximum Gasteiger partial charge on any atom is 0.152 e. The number of likely N-dealkylation sites (tertiary alicyclic amines) is 1. The molecule has 0 bridgehead atoms. The minimum atomic E-state index is -2.79. The number of nitrogens with one attached hydrogen (secondary N) is 1. The summed E-state index contributed by atoms with van der Waals surface area (Å²) in [5, 5.41) is 3.56. The van der Waals surface area contributed by atoms with E-state index >= 15 is 0 Å². The third-order valence-corrected chi connectivity index (χ3v) is 5.68. The lowest BCUT2D eigenvalue weighted by atomic mass is 9.97. The number of hydrogen-bond donors (Lipinski definition) is 1. The van der Waals surface area contributed by atoms with Crippen LogP contribution in [0.25, 0.3) is 0 Å². The van der Waals surface area contributed by atoms with Crippen molar-refractivity contribution >= 4 is 9.84 Å². The second-order valence-corrected chi connectivity index (χ2v) is 7.81. The first-order valence-electron chi connectivity index (χ1n) is 6.05. The van der Waals surface area contributed by atoms with Crippen molar-refractivity contribution < 1.29 is 8.42 Å². The van der Waals surface area contributed by atoms with Crippen LogP contribution in [0.5, 0.6) is 0 Å². The predicted octanol–water partition coefficient (Wildman–Crippen LogP) is 0.247. The van der Waals surface area contributed by atoms with Crippen molar-refractivity contribution in [2.75, 3.05) is 31.6 Å². The fraction of sp³-hybridized carbons (Fsp3) is 1.00. The number of hydrogen-bond acceptors (Lipinski definition) is 4. The molecule has 5 heteroatoms. The summed E-state index contributed by atoms with van der Waals surface area (Å²) >= 11 is 0. The van der Waals surface area contributed by atoms with Crippen molar-refractivity contribution in [3.8, 4) is 0 Å². The highest BCUT2D eigenvalue weighted by atomic mass is 32.2. The second kappa shape index (κ2) is 4.27. The number of nitrogens with zero attached hydrogens (tertiary/aromatic N) is 1. The van der Waals surface area contributed by atoms with Crippen LogP contribution >= 0.6 is 0 Å². The molecule has 2 aliphatic heterocycles. The molecule has 2 saturated heterocycles. The average Bonchev–Trinajstić information content (AvgIpc) is 2.45. The van der Waals surface area contributed by atoms with Gasteiger partial charge in [-0.05, 0) is 46.3 Å². The Bertz CT molecular complexity index is 347. The molecule has 2 heterocycles.